The van der Waals surface area contributed by atoms with Crippen LogP contribution in [0.1, 0.15) is 23.2 Å². The highest BCUT2D eigenvalue weighted by Gasteiger charge is 2.35. The molecule has 2 amide bonds. The Hall–Kier alpha value is -1.58. The first-order valence-electron chi connectivity index (χ1n) is 9.03. The Morgan fingerprint density at radius 3 is 2.48 bits per heavy atom. The van der Waals surface area contributed by atoms with Crippen molar-refractivity contribution in [2.75, 3.05) is 37.5 Å². The number of carbonyl (C=O) groups excluding carboxylic acids is 2. The molecule has 1 N–H and O–H groups in total. The van der Waals surface area contributed by atoms with Crippen molar-refractivity contribution in [3.05, 3.63) is 35.9 Å². The van der Waals surface area contributed by atoms with E-state index >= 15 is 0 Å². The smallest absolute Gasteiger partial charge is 0.255 e. The second-order valence-corrected chi connectivity index (χ2v) is 9.99. The van der Waals surface area contributed by atoms with Crippen LogP contribution in [-0.2, 0) is 14.8 Å². The standard InChI is InChI=1S/C18H25N3O4S2/c1-27(24,25)20-9-7-14(8-10-20)11-19-17(22)16-12-26-13-21(16)18(23)15-5-3-2-4-6-15/h2-6,14,16H,7-13H2,1H3,(H,19,22). The second kappa shape index (κ2) is 8.62. The predicted molar refractivity (Wildman–Crippen MR) is 106 cm³/mol. The summed E-state index contributed by atoms with van der Waals surface area (Å²) in [5.74, 6) is 1.12. The van der Waals surface area contributed by atoms with Crippen molar-refractivity contribution < 1.29 is 18.0 Å². The number of hydrogen-bond donors (Lipinski definition) is 1. The van der Waals surface area contributed by atoms with E-state index in [9.17, 15) is 18.0 Å². The highest BCUT2D eigenvalue weighted by Crippen LogP contribution is 2.24. The first-order valence-corrected chi connectivity index (χ1v) is 12.0. The van der Waals surface area contributed by atoms with E-state index in [1.165, 1.54) is 10.6 Å². The van der Waals surface area contributed by atoms with Gasteiger partial charge in [-0.3, -0.25) is 9.59 Å². The normalized spacial score (nSPS) is 22.0. The van der Waals surface area contributed by atoms with Gasteiger partial charge in [-0.05, 0) is 30.9 Å². The first kappa shape index (κ1) is 20.2. The summed E-state index contributed by atoms with van der Waals surface area (Å²) in [6.45, 7) is 1.51. The van der Waals surface area contributed by atoms with Gasteiger partial charge in [-0.15, -0.1) is 11.8 Å². The largest absolute Gasteiger partial charge is 0.354 e. The molecule has 2 saturated heterocycles. The highest BCUT2D eigenvalue weighted by atomic mass is 32.2. The molecule has 3 rings (SSSR count). The molecule has 1 atom stereocenters. The summed E-state index contributed by atoms with van der Waals surface area (Å²) in [5.41, 5.74) is 0.589. The third-order valence-electron chi connectivity index (χ3n) is 5.07. The number of nitrogens with zero attached hydrogens (tertiary/aromatic N) is 2. The molecule has 0 spiro atoms. The number of nitrogens with one attached hydrogen (secondary N) is 1. The molecule has 0 radical (unpaired) electrons. The lowest BCUT2D eigenvalue weighted by Gasteiger charge is -2.31. The van der Waals surface area contributed by atoms with Crippen molar-refractivity contribution in [1.82, 2.24) is 14.5 Å². The van der Waals surface area contributed by atoms with Crippen molar-refractivity contribution in [1.29, 1.82) is 0 Å². The molecular formula is C18H25N3O4S2. The minimum atomic E-state index is -3.14. The number of hydrogen-bond acceptors (Lipinski definition) is 5. The summed E-state index contributed by atoms with van der Waals surface area (Å²) in [4.78, 5) is 26.9. The van der Waals surface area contributed by atoms with Crippen LogP contribution < -0.4 is 5.32 Å². The Bertz CT molecular complexity index is 777. The van der Waals surface area contributed by atoms with Gasteiger partial charge >= 0.3 is 0 Å². The summed E-state index contributed by atoms with van der Waals surface area (Å²) >= 11 is 1.58. The van der Waals surface area contributed by atoms with Crippen LogP contribution in [0, 0.1) is 5.92 Å². The number of thioether (sulfide) groups is 1. The van der Waals surface area contributed by atoms with Gasteiger partial charge in [0.1, 0.15) is 6.04 Å². The lowest BCUT2D eigenvalue weighted by atomic mass is 9.98. The van der Waals surface area contributed by atoms with Gasteiger partial charge in [-0.2, -0.15) is 0 Å². The van der Waals surface area contributed by atoms with Crippen LogP contribution in [0.5, 0.6) is 0 Å². The van der Waals surface area contributed by atoms with E-state index in [1.807, 2.05) is 18.2 Å². The van der Waals surface area contributed by atoms with E-state index in [0.29, 0.717) is 36.8 Å². The second-order valence-electron chi connectivity index (χ2n) is 7.01. The molecule has 2 fully saturated rings. The number of carbonyl (C=O) groups is 2. The zero-order valence-electron chi connectivity index (χ0n) is 15.3. The predicted octanol–water partition coefficient (Wildman–Crippen LogP) is 0.990. The topological polar surface area (TPSA) is 86.8 Å². The Kier molecular flexibility index (Phi) is 6.44. The molecule has 0 saturated carbocycles. The molecule has 7 nitrogen and oxygen atoms in total. The molecule has 0 bridgehead atoms. The summed E-state index contributed by atoms with van der Waals surface area (Å²) in [6, 6.07) is 8.54. The minimum absolute atomic E-state index is 0.123. The van der Waals surface area contributed by atoms with Crippen LogP contribution in [0.2, 0.25) is 0 Å². The number of benzene rings is 1. The molecule has 9 heteroatoms. The SMILES string of the molecule is CS(=O)(=O)N1CCC(CNC(=O)C2CSCN2C(=O)c2ccccc2)CC1. The fraction of sp³-hybridized carbons (Fsp3) is 0.556. The van der Waals surface area contributed by atoms with Gasteiger partial charge in [0.2, 0.25) is 15.9 Å². The lowest BCUT2D eigenvalue weighted by molar-refractivity contribution is -0.124. The van der Waals surface area contributed by atoms with Crippen molar-refractivity contribution in [2.24, 2.45) is 5.92 Å². The fourth-order valence-electron chi connectivity index (χ4n) is 3.41. The van der Waals surface area contributed by atoms with E-state index in [4.69, 9.17) is 0 Å². The molecular weight excluding hydrogens is 386 g/mol. The molecule has 1 aromatic carbocycles. The van der Waals surface area contributed by atoms with Crippen LogP contribution in [0.25, 0.3) is 0 Å². The summed E-state index contributed by atoms with van der Waals surface area (Å²) < 4.78 is 24.6. The van der Waals surface area contributed by atoms with Crippen LogP contribution in [-0.4, -0.2) is 73.0 Å². The van der Waals surface area contributed by atoms with Crippen molar-refractivity contribution in [3.63, 3.8) is 0 Å². The average molecular weight is 412 g/mol. The molecule has 2 heterocycles. The van der Waals surface area contributed by atoms with Gasteiger partial charge < -0.3 is 10.2 Å². The summed E-state index contributed by atoms with van der Waals surface area (Å²) in [7, 11) is -3.14. The van der Waals surface area contributed by atoms with Crippen LogP contribution in [0.4, 0.5) is 0 Å². The van der Waals surface area contributed by atoms with Crippen LogP contribution in [0.3, 0.4) is 0 Å². The fourth-order valence-corrected chi connectivity index (χ4v) is 5.44. The van der Waals surface area contributed by atoms with Crippen molar-refractivity contribution in [2.45, 2.75) is 18.9 Å². The highest BCUT2D eigenvalue weighted by molar-refractivity contribution is 7.99. The zero-order chi connectivity index (χ0) is 19.4. The first-order chi connectivity index (χ1) is 12.9. The molecule has 0 aliphatic carbocycles. The van der Waals surface area contributed by atoms with E-state index in [-0.39, 0.29) is 17.7 Å². The van der Waals surface area contributed by atoms with Crippen LogP contribution in [0.15, 0.2) is 30.3 Å². The van der Waals surface area contributed by atoms with Gasteiger partial charge in [0, 0.05) is 31.0 Å². The third kappa shape index (κ3) is 5.03. The maximum absolute atomic E-state index is 12.7. The third-order valence-corrected chi connectivity index (χ3v) is 7.39. The number of piperidine rings is 1. The minimum Gasteiger partial charge on any atom is -0.354 e. The Labute approximate surface area is 164 Å². The molecule has 27 heavy (non-hydrogen) atoms. The molecule has 2 aliphatic heterocycles. The Morgan fingerprint density at radius 2 is 1.85 bits per heavy atom. The lowest BCUT2D eigenvalue weighted by Crippen LogP contribution is -2.49. The van der Waals surface area contributed by atoms with Gasteiger partial charge in [-0.1, -0.05) is 18.2 Å². The molecule has 1 aromatic rings. The van der Waals surface area contributed by atoms with Gasteiger partial charge in [0.25, 0.3) is 5.91 Å². The molecule has 1 unspecified atom stereocenters. The maximum Gasteiger partial charge on any atom is 0.255 e. The monoisotopic (exact) mass is 411 g/mol. The van der Waals surface area contributed by atoms with Gasteiger partial charge in [-0.25, -0.2) is 12.7 Å². The van der Waals surface area contributed by atoms with E-state index in [2.05, 4.69) is 5.32 Å². The summed E-state index contributed by atoms with van der Waals surface area (Å²) in [5, 5.41) is 2.97. The quantitative estimate of drug-likeness (QED) is 0.781. The zero-order valence-corrected chi connectivity index (χ0v) is 17.0. The maximum atomic E-state index is 12.7. The van der Waals surface area contributed by atoms with Gasteiger partial charge in [0.15, 0.2) is 0 Å². The summed E-state index contributed by atoms with van der Waals surface area (Å²) in [6.07, 6.45) is 2.70. The molecule has 0 aromatic heterocycles. The van der Waals surface area contributed by atoms with Crippen molar-refractivity contribution in [3.8, 4) is 0 Å². The van der Waals surface area contributed by atoms with Crippen molar-refractivity contribution >= 4 is 33.6 Å². The van der Waals surface area contributed by atoms with E-state index < -0.39 is 16.1 Å². The number of amides is 2. The Balaban J connectivity index is 1.51. The van der Waals surface area contributed by atoms with Gasteiger partial charge in [0.05, 0.1) is 12.1 Å². The van der Waals surface area contributed by atoms with Crippen LogP contribution >= 0.6 is 11.8 Å². The van der Waals surface area contributed by atoms with E-state index in [0.717, 1.165) is 12.8 Å². The molecule has 148 valence electrons. The average Bonchev–Trinajstić information content (AvgIpc) is 3.16. The van der Waals surface area contributed by atoms with E-state index in [1.54, 1.807) is 28.8 Å². The Morgan fingerprint density at radius 1 is 1.19 bits per heavy atom. The number of rotatable bonds is 5. The number of sulfonamides is 1. The molecule has 2 aliphatic rings.